The Labute approximate surface area is 130 Å². The summed E-state index contributed by atoms with van der Waals surface area (Å²) in [6.07, 6.45) is 0.836. The molecule has 0 aromatic heterocycles. The average Bonchev–Trinajstić information content (AvgIpc) is 2.48. The van der Waals surface area contributed by atoms with Crippen LogP contribution in [0.15, 0.2) is 36.4 Å². The van der Waals surface area contributed by atoms with E-state index in [0.717, 1.165) is 23.2 Å². The number of hydrogen-bond acceptors (Lipinski definition) is 3. The number of anilines is 1. The van der Waals surface area contributed by atoms with Gasteiger partial charge in [0.1, 0.15) is 11.5 Å². The predicted octanol–water partition coefficient (Wildman–Crippen LogP) is 4.93. The number of aromatic hydroxyl groups is 1. The third kappa shape index (κ3) is 3.42. The number of benzene rings is 2. The summed E-state index contributed by atoms with van der Waals surface area (Å²) < 4.78 is 5.38. The van der Waals surface area contributed by atoms with Crippen LogP contribution >= 0.6 is 11.6 Å². The lowest BCUT2D eigenvalue weighted by Gasteiger charge is -2.22. The molecule has 1 unspecified atom stereocenters. The Kier molecular flexibility index (Phi) is 4.97. The van der Waals surface area contributed by atoms with Crippen molar-refractivity contribution < 1.29 is 9.84 Å². The first kappa shape index (κ1) is 15.5. The lowest BCUT2D eigenvalue weighted by Crippen LogP contribution is -2.11. The van der Waals surface area contributed by atoms with Gasteiger partial charge in [-0.1, -0.05) is 36.7 Å². The highest BCUT2D eigenvalue weighted by molar-refractivity contribution is 6.31. The van der Waals surface area contributed by atoms with E-state index < -0.39 is 0 Å². The molecule has 4 heteroatoms. The van der Waals surface area contributed by atoms with Gasteiger partial charge in [-0.15, -0.1) is 0 Å². The number of ether oxygens (including phenoxy) is 1. The van der Waals surface area contributed by atoms with E-state index in [1.165, 1.54) is 0 Å². The standard InChI is InChI=1S/C17H20ClNO2/c1-4-14(12-7-5-6-8-16(12)20)19-15-9-11(2)13(18)10-17(15)21-3/h5-10,14,19-20H,4H2,1-3H3. The molecular formula is C17H20ClNO2. The third-order valence-corrected chi connectivity index (χ3v) is 3.94. The van der Waals surface area contributed by atoms with Crippen molar-refractivity contribution in [2.75, 3.05) is 12.4 Å². The first-order valence-electron chi connectivity index (χ1n) is 6.95. The van der Waals surface area contributed by atoms with Crippen LogP contribution in [0.2, 0.25) is 5.02 Å². The Morgan fingerprint density at radius 1 is 1.29 bits per heavy atom. The average molecular weight is 306 g/mol. The van der Waals surface area contributed by atoms with Crippen molar-refractivity contribution in [1.82, 2.24) is 0 Å². The quantitative estimate of drug-likeness (QED) is 0.823. The van der Waals surface area contributed by atoms with Crippen LogP contribution in [-0.4, -0.2) is 12.2 Å². The second kappa shape index (κ2) is 6.72. The summed E-state index contributed by atoms with van der Waals surface area (Å²) >= 11 is 6.13. The molecule has 0 aliphatic rings. The van der Waals surface area contributed by atoms with Crippen molar-refractivity contribution in [3.8, 4) is 11.5 Å². The van der Waals surface area contributed by atoms with Gasteiger partial charge in [-0.3, -0.25) is 0 Å². The lowest BCUT2D eigenvalue weighted by atomic mass is 10.0. The molecule has 112 valence electrons. The number of methoxy groups -OCH3 is 1. The van der Waals surface area contributed by atoms with Gasteiger partial charge in [-0.25, -0.2) is 0 Å². The first-order chi connectivity index (χ1) is 10.1. The van der Waals surface area contributed by atoms with Crippen LogP contribution in [0.3, 0.4) is 0 Å². The van der Waals surface area contributed by atoms with E-state index in [-0.39, 0.29) is 6.04 Å². The zero-order valence-corrected chi connectivity index (χ0v) is 13.2. The van der Waals surface area contributed by atoms with E-state index in [1.807, 2.05) is 31.2 Å². The number of aryl methyl sites for hydroxylation is 1. The number of nitrogens with one attached hydrogen (secondary N) is 1. The molecule has 0 amide bonds. The highest BCUT2D eigenvalue weighted by Crippen LogP contribution is 2.35. The van der Waals surface area contributed by atoms with E-state index in [9.17, 15) is 5.11 Å². The van der Waals surface area contributed by atoms with Gasteiger partial charge in [-0.05, 0) is 31.0 Å². The van der Waals surface area contributed by atoms with Crippen molar-refractivity contribution in [2.45, 2.75) is 26.3 Å². The van der Waals surface area contributed by atoms with E-state index in [0.29, 0.717) is 16.5 Å². The Hall–Kier alpha value is -1.87. The second-order valence-electron chi connectivity index (χ2n) is 4.97. The van der Waals surface area contributed by atoms with E-state index in [2.05, 4.69) is 12.2 Å². The Morgan fingerprint density at radius 2 is 2.00 bits per heavy atom. The largest absolute Gasteiger partial charge is 0.508 e. The molecule has 2 rings (SSSR count). The summed E-state index contributed by atoms with van der Waals surface area (Å²) in [5, 5.41) is 14.1. The molecule has 2 N–H and O–H groups in total. The van der Waals surface area contributed by atoms with Crippen molar-refractivity contribution >= 4 is 17.3 Å². The summed E-state index contributed by atoms with van der Waals surface area (Å²) in [5.74, 6) is 0.987. The van der Waals surface area contributed by atoms with Crippen molar-refractivity contribution in [3.05, 3.63) is 52.5 Å². The summed E-state index contributed by atoms with van der Waals surface area (Å²) in [7, 11) is 1.62. The molecule has 3 nitrogen and oxygen atoms in total. The van der Waals surface area contributed by atoms with Crippen molar-refractivity contribution in [1.29, 1.82) is 0 Å². The van der Waals surface area contributed by atoms with Gasteiger partial charge in [0, 0.05) is 16.7 Å². The minimum absolute atomic E-state index is 0.000625. The van der Waals surface area contributed by atoms with E-state index in [4.69, 9.17) is 16.3 Å². The van der Waals surface area contributed by atoms with Gasteiger partial charge >= 0.3 is 0 Å². The molecule has 21 heavy (non-hydrogen) atoms. The normalized spacial score (nSPS) is 12.0. The second-order valence-corrected chi connectivity index (χ2v) is 5.37. The molecule has 0 saturated heterocycles. The van der Waals surface area contributed by atoms with E-state index in [1.54, 1.807) is 19.2 Å². The van der Waals surface area contributed by atoms with Crippen molar-refractivity contribution in [3.63, 3.8) is 0 Å². The molecule has 0 saturated carbocycles. The number of halogens is 1. The lowest BCUT2D eigenvalue weighted by molar-refractivity contribution is 0.415. The van der Waals surface area contributed by atoms with Crippen molar-refractivity contribution in [2.24, 2.45) is 0 Å². The number of hydrogen-bond donors (Lipinski definition) is 2. The van der Waals surface area contributed by atoms with Gasteiger partial charge in [0.15, 0.2) is 0 Å². The van der Waals surface area contributed by atoms with Gasteiger partial charge in [0.25, 0.3) is 0 Å². The van der Waals surface area contributed by atoms with E-state index >= 15 is 0 Å². The molecule has 2 aromatic rings. The van der Waals surface area contributed by atoms with Gasteiger partial charge < -0.3 is 15.2 Å². The highest BCUT2D eigenvalue weighted by atomic mass is 35.5. The number of rotatable bonds is 5. The smallest absolute Gasteiger partial charge is 0.143 e. The molecule has 0 heterocycles. The fraction of sp³-hybridized carbons (Fsp3) is 0.294. The molecule has 0 fully saturated rings. The topological polar surface area (TPSA) is 41.5 Å². The predicted molar refractivity (Wildman–Crippen MR) is 87.5 cm³/mol. The third-order valence-electron chi connectivity index (χ3n) is 3.53. The number of para-hydroxylation sites is 1. The zero-order valence-electron chi connectivity index (χ0n) is 12.5. The SMILES string of the molecule is CCC(Nc1cc(C)c(Cl)cc1OC)c1ccccc1O. The van der Waals surface area contributed by atoms with Crippen LogP contribution in [0.25, 0.3) is 0 Å². The molecule has 0 aliphatic carbocycles. The molecule has 0 radical (unpaired) electrons. The zero-order chi connectivity index (χ0) is 15.4. The van der Waals surface area contributed by atoms with Gasteiger partial charge in [-0.2, -0.15) is 0 Å². The minimum atomic E-state index is 0.000625. The van der Waals surface area contributed by atoms with Gasteiger partial charge in [0.05, 0.1) is 18.8 Å². The van der Waals surface area contributed by atoms with Crippen LogP contribution in [0.1, 0.15) is 30.5 Å². The monoisotopic (exact) mass is 305 g/mol. The maximum absolute atomic E-state index is 10.0. The summed E-state index contributed by atoms with van der Waals surface area (Å²) in [4.78, 5) is 0. The fourth-order valence-corrected chi connectivity index (χ4v) is 2.47. The maximum atomic E-state index is 10.0. The molecule has 0 aliphatic heterocycles. The molecule has 0 spiro atoms. The highest BCUT2D eigenvalue weighted by Gasteiger charge is 2.16. The Morgan fingerprint density at radius 3 is 2.62 bits per heavy atom. The maximum Gasteiger partial charge on any atom is 0.143 e. The fourth-order valence-electron chi connectivity index (χ4n) is 2.31. The Bertz CT molecular complexity index is 628. The molecule has 0 bridgehead atoms. The van der Waals surface area contributed by atoms with Crippen LogP contribution < -0.4 is 10.1 Å². The van der Waals surface area contributed by atoms with Crippen LogP contribution in [0.5, 0.6) is 11.5 Å². The summed E-state index contributed by atoms with van der Waals surface area (Å²) in [6.45, 7) is 4.02. The number of phenols is 1. The van der Waals surface area contributed by atoms with Crippen LogP contribution in [-0.2, 0) is 0 Å². The molecule has 1 atom stereocenters. The minimum Gasteiger partial charge on any atom is -0.508 e. The molecular weight excluding hydrogens is 286 g/mol. The van der Waals surface area contributed by atoms with Crippen LogP contribution in [0.4, 0.5) is 5.69 Å². The first-order valence-corrected chi connectivity index (χ1v) is 7.33. The Balaban J connectivity index is 2.35. The van der Waals surface area contributed by atoms with Crippen LogP contribution in [0, 0.1) is 6.92 Å². The number of phenolic OH excluding ortho intramolecular Hbond substituents is 1. The summed E-state index contributed by atoms with van der Waals surface area (Å²) in [6, 6.07) is 11.1. The molecule has 2 aromatic carbocycles. The van der Waals surface area contributed by atoms with Gasteiger partial charge in [0.2, 0.25) is 0 Å². The summed E-state index contributed by atoms with van der Waals surface area (Å²) in [5.41, 5.74) is 2.72.